The Bertz CT molecular complexity index is 1470. The van der Waals surface area contributed by atoms with Gasteiger partial charge in [-0.15, -0.1) is 0 Å². The van der Waals surface area contributed by atoms with Crippen LogP contribution in [0.3, 0.4) is 0 Å². The molecule has 2 N–H and O–H groups in total. The average molecular weight is 521 g/mol. The highest BCUT2D eigenvalue weighted by atomic mass is 32.2. The minimum atomic E-state index is -1.04. The smallest absolute Gasteiger partial charge is 0.335 e. The number of rotatable bonds is 6. The Morgan fingerprint density at radius 2 is 1.86 bits per heavy atom. The van der Waals surface area contributed by atoms with Crippen LogP contribution >= 0.6 is 11.8 Å². The minimum absolute atomic E-state index is 0.106. The van der Waals surface area contributed by atoms with E-state index in [4.69, 9.17) is 13.9 Å². The van der Waals surface area contributed by atoms with Gasteiger partial charge in [0.1, 0.15) is 31.3 Å². The molecule has 2 aromatic carbocycles. The van der Waals surface area contributed by atoms with E-state index >= 15 is 0 Å². The molecular formula is C26H20N2O8S. The molecule has 0 spiro atoms. The first-order valence-electron chi connectivity index (χ1n) is 11.2. The monoisotopic (exact) mass is 520 g/mol. The van der Waals surface area contributed by atoms with Crippen molar-refractivity contribution in [1.29, 1.82) is 0 Å². The number of hydrogen-bond acceptors (Lipinski definition) is 8. The van der Waals surface area contributed by atoms with Crippen molar-refractivity contribution in [2.45, 2.75) is 6.92 Å². The summed E-state index contributed by atoms with van der Waals surface area (Å²) in [5.74, 6) is -0.403. The molecule has 1 fully saturated rings. The summed E-state index contributed by atoms with van der Waals surface area (Å²) in [4.78, 5) is 50.2. The van der Waals surface area contributed by atoms with Crippen LogP contribution in [-0.2, 0) is 9.59 Å². The fourth-order valence-electron chi connectivity index (χ4n) is 3.94. The van der Waals surface area contributed by atoms with Gasteiger partial charge in [0, 0.05) is 23.4 Å². The molecule has 0 radical (unpaired) electrons. The number of aromatic carboxylic acids is 1. The van der Waals surface area contributed by atoms with E-state index in [0.717, 1.165) is 4.90 Å². The largest absolute Gasteiger partial charge is 0.486 e. The topological polar surface area (TPSA) is 135 Å². The van der Waals surface area contributed by atoms with Crippen LogP contribution in [0.15, 0.2) is 57.9 Å². The number of thioether (sulfide) groups is 1. The summed E-state index contributed by atoms with van der Waals surface area (Å²) >= 11 is 0.702. The van der Waals surface area contributed by atoms with Crippen molar-refractivity contribution in [3.63, 3.8) is 0 Å². The summed E-state index contributed by atoms with van der Waals surface area (Å²) in [6, 6.07) is 13.1. The van der Waals surface area contributed by atoms with E-state index in [0.29, 0.717) is 64.8 Å². The summed E-state index contributed by atoms with van der Waals surface area (Å²) < 4.78 is 16.8. The zero-order valence-electron chi connectivity index (χ0n) is 19.5. The predicted molar refractivity (Wildman–Crippen MR) is 135 cm³/mol. The van der Waals surface area contributed by atoms with Crippen LogP contribution in [0.2, 0.25) is 0 Å². The van der Waals surface area contributed by atoms with Crippen LogP contribution in [-0.4, -0.2) is 52.8 Å². The number of hydrogen-bond donors (Lipinski definition) is 2. The fraction of sp³-hybridized carbons (Fsp3) is 0.154. The van der Waals surface area contributed by atoms with Crippen LogP contribution in [0.1, 0.15) is 21.7 Å². The van der Waals surface area contributed by atoms with Crippen molar-refractivity contribution >= 4 is 46.5 Å². The number of carboxylic acids is 1. The van der Waals surface area contributed by atoms with Crippen LogP contribution < -0.4 is 14.8 Å². The number of carbonyl (C=O) groups is 4. The van der Waals surface area contributed by atoms with Crippen molar-refractivity contribution < 1.29 is 38.2 Å². The van der Waals surface area contributed by atoms with Gasteiger partial charge in [0.05, 0.1) is 10.5 Å². The lowest BCUT2D eigenvalue weighted by Gasteiger charge is -2.19. The second kappa shape index (κ2) is 9.86. The van der Waals surface area contributed by atoms with Crippen LogP contribution in [0.5, 0.6) is 11.5 Å². The van der Waals surface area contributed by atoms with Gasteiger partial charge >= 0.3 is 5.97 Å². The number of imide groups is 1. The fourth-order valence-corrected chi connectivity index (χ4v) is 4.76. The summed E-state index contributed by atoms with van der Waals surface area (Å²) in [6.07, 6.45) is 1.42. The van der Waals surface area contributed by atoms with Gasteiger partial charge in [-0.1, -0.05) is 12.1 Å². The van der Waals surface area contributed by atoms with Gasteiger partial charge in [-0.05, 0) is 54.6 Å². The summed E-state index contributed by atoms with van der Waals surface area (Å²) in [5.41, 5.74) is 1.75. The Labute approximate surface area is 214 Å². The quantitative estimate of drug-likeness (QED) is 0.453. The highest BCUT2D eigenvalue weighted by Crippen LogP contribution is 2.35. The number of carboxylic acid groups (broad SMARTS) is 1. The molecule has 1 saturated heterocycles. The SMILES string of the molecule is Cc1c(C(=O)O)cccc1-c1ccc(/C=C2\SC(=O)N(CC(=O)Nc3ccc4c(c3)OCCO4)C2=O)o1. The Morgan fingerprint density at radius 1 is 1.08 bits per heavy atom. The molecule has 0 aliphatic carbocycles. The standard InChI is InChI=1S/C26H20N2O8S/c1-14-17(3-2-4-18(14)25(31)32)19-8-6-16(36-19)12-22-24(30)28(26(33)37-22)13-23(29)27-15-5-7-20-21(11-15)35-10-9-34-20/h2-8,11-12H,9-10,13H2,1H3,(H,27,29)(H,31,32)/b22-12-. The van der Waals surface area contributed by atoms with Gasteiger partial charge in [-0.25, -0.2) is 4.79 Å². The first kappa shape index (κ1) is 24.2. The Kier molecular flexibility index (Phi) is 6.45. The third kappa shape index (κ3) is 4.94. The number of carbonyl (C=O) groups excluding carboxylic acids is 3. The molecule has 188 valence electrons. The minimum Gasteiger partial charge on any atom is -0.486 e. The van der Waals surface area contributed by atoms with Crippen LogP contribution in [0.4, 0.5) is 10.5 Å². The molecule has 1 aromatic heterocycles. The molecular weight excluding hydrogens is 500 g/mol. The van der Waals surface area contributed by atoms with Gasteiger partial charge in [0.25, 0.3) is 11.1 Å². The first-order valence-corrected chi connectivity index (χ1v) is 12.0. The summed E-state index contributed by atoms with van der Waals surface area (Å²) in [6.45, 7) is 2.07. The number of nitrogens with one attached hydrogen (secondary N) is 1. The molecule has 5 rings (SSSR count). The second-order valence-corrected chi connectivity index (χ2v) is 9.15. The van der Waals surface area contributed by atoms with Gasteiger partial charge in [-0.3, -0.25) is 19.3 Å². The predicted octanol–water partition coefficient (Wildman–Crippen LogP) is 4.40. The van der Waals surface area contributed by atoms with Crippen LogP contribution in [0, 0.1) is 6.92 Å². The van der Waals surface area contributed by atoms with Gasteiger partial charge < -0.3 is 24.3 Å². The maximum atomic E-state index is 12.8. The lowest BCUT2D eigenvalue weighted by Crippen LogP contribution is -2.36. The molecule has 0 bridgehead atoms. The second-order valence-electron chi connectivity index (χ2n) is 8.16. The molecule has 0 atom stereocenters. The first-order chi connectivity index (χ1) is 17.8. The van der Waals surface area contributed by atoms with E-state index in [1.807, 2.05) is 0 Å². The summed E-state index contributed by atoms with van der Waals surface area (Å²) in [5, 5.41) is 11.4. The molecule has 2 aliphatic rings. The maximum Gasteiger partial charge on any atom is 0.335 e. The van der Waals surface area contributed by atoms with Crippen molar-refractivity contribution in [2.75, 3.05) is 25.1 Å². The van der Waals surface area contributed by atoms with E-state index in [-0.39, 0.29) is 10.5 Å². The molecule has 11 heteroatoms. The third-order valence-corrected chi connectivity index (χ3v) is 6.64. The van der Waals surface area contributed by atoms with Gasteiger partial charge in [0.2, 0.25) is 5.91 Å². The molecule has 3 aromatic rings. The maximum absolute atomic E-state index is 12.8. The number of fused-ring (bicyclic) bond motifs is 1. The van der Waals surface area contributed by atoms with E-state index in [9.17, 15) is 24.3 Å². The van der Waals surface area contributed by atoms with Crippen molar-refractivity contribution in [3.05, 3.63) is 70.3 Å². The Balaban J connectivity index is 1.27. The number of amides is 3. The van der Waals surface area contributed by atoms with Crippen molar-refractivity contribution in [3.8, 4) is 22.8 Å². The van der Waals surface area contributed by atoms with E-state index < -0.39 is 29.6 Å². The number of nitrogens with zero attached hydrogens (tertiary/aromatic N) is 1. The molecule has 3 heterocycles. The van der Waals surface area contributed by atoms with E-state index in [1.54, 1.807) is 49.4 Å². The van der Waals surface area contributed by atoms with Crippen molar-refractivity contribution in [1.82, 2.24) is 4.90 Å². The number of anilines is 1. The molecule has 37 heavy (non-hydrogen) atoms. The lowest BCUT2D eigenvalue weighted by atomic mass is 10.0. The highest BCUT2D eigenvalue weighted by molar-refractivity contribution is 8.18. The van der Waals surface area contributed by atoms with E-state index in [1.165, 1.54) is 12.1 Å². The molecule has 10 nitrogen and oxygen atoms in total. The Hall–Kier alpha value is -4.51. The zero-order valence-corrected chi connectivity index (χ0v) is 20.3. The van der Waals surface area contributed by atoms with Crippen molar-refractivity contribution in [2.24, 2.45) is 0 Å². The number of ether oxygens (including phenoxy) is 2. The zero-order chi connectivity index (χ0) is 26.1. The third-order valence-electron chi connectivity index (χ3n) is 5.73. The van der Waals surface area contributed by atoms with Crippen LogP contribution in [0.25, 0.3) is 17.4 Å². The number of furan rings is 1. The summed E-state index contributed by atoms with van der Waals surface area (Å²) in [7, 11) is 0. The average Bonchev–Trinajstić information content (AvgIpc) is 3.44. The normalized spacial score (nSPS) is 15.8. The van der Waals surface area contributed by atoms with Gasteiger partial charge in [-0.2, -0.15) is 0 Å². The highest BCUT2D eigenvalue weighted by Gasteiger charge is 2.36. The molecule has 0 saturated carbocycles. The number of benzene rings is 2. The van der Waals surface area contributed by atoms with E-state index in [2.05, 4.69) is 5.32 Å². The molecule has 0 unspecified atom stereocenters. The molecule has 2 aliphatic heterocycles. The van der Waals surface area contributed by atoms with Gasteiger partial charge in [0.15, 0.2) is 11.5 Å². The Morgan fingerprint density at radius 3 is 2.65 bits per heavy atom. The lowest BCUT2D eigenvalue weighted by molar-refractivity contribution is -0.127. The molecule has 3 amide bonds.